The molecule has 1 N–H and O–H groups in total. The minimum absolute atomic E-state index is 0.0819. The molecule has 1 aliphatic rings. The summed E-state index contributed by atoms with van der Waals surface area (Å²) >= 11 is 0. The molecule has 1 fully saturated rings. The highest BCUT2D eigenvalue weighted by molar-refractivity contribution is 5.93. The van der Waals surface area contributed by atoms with Crippen LogP contribution in [0.3, 0.4) is 0 Å². The number of likely N-dealkylation sites (tertiary alicyclic amines) is 1. The van der Waals surface area contributed by atoms with Gasteiger partial charge in [0.15, 0.2) is 0 Å². The lowest BCUT2D eigenvalue weighted by Crippen LogP contribution is -2.33. The molecule has 2 heterocycles. The van der Waals surface area contributed by atoms with E-state index in [0.717, 1.165) is 13.0 Å². The third-order valence-electron chi connectivity index (χ3n) is 2.83. The van der Waals surface area contributed by atoms with Gasteiger partial charge in [-0.15, -0.1) is 0 Å². The Labute approximate surface area is 93.1 Å². The molecule has 5 heteroatoms. The van der Waals surface area contributed by atoms with E-state index in [1.54, 1.807) is 4.90 Å². The average Bonchev–Trinajstić information content (AvgIpc) is 2.77. The molecule has 0 bridgehead atoms. The molecule has 1 aromatic heterocycles. The number of nitrogens with zero attached hydrogens (tertiary/aromatic N) is 1. The molecule has 1 amide bonds. The number of hydrogen-bond donors (Lipinski definition) is 1. The van der Waals surface area contributed by atoms with Crippen LogP contribution in [0.15, 0.2) is 27.6 Å². The minimum Gasteiger partial charge on any atom is -0.430 e. The summed E-state index contributed by atoms with van der Waals surface area (Å²) in [5.41, 5.74) is -0.0116. The molecule has 5 nitrogen and oxygen atoms in total. The Kier molecular flexibility index (Phi) is 3.05. The third kappa shape index (κ3) is 2.14. The van der Waals surface area contributed by atoms with Crippen LogP contribution in [0.25, 0.3) is 0 Å². The zero-order chi connectivity index (χ0) is 11.5. The van der Waals surface area contributed by atoms with Gasteiger partial charge in [-0.25, -0.2) is 4.79 Å². The maximum absolute atomic E-state index is 12.0. The van der Waals surface area contributed by atoms with E-state index < -0.39 is 5.63 Å². The molecule has 0 radical (unpaired) electrons. The van der Waals surface area contributed by atoms with Crippen LogP contribution in [-0.4, -0.2) is 37.0 Å². The van der Waals surface area contributed by atoms with Gasteiger partial charge in [0.05, 0.1) is 5.56 Å². The largest absolute Gasteiger partial charge is 0.430 e. The number of rotatable bonds is 2. The Morgan fingerprint density at radius 1 is 1.56 bits per heavy atom. The van der Waals surface area contributed by atoms with Crippen molar-refractivity contribution < 1.29 is 9.21 Å². The van der Waals surface area contributed by atoms with Gasteiger partial charge in [0.25, 0.3) is 5.91 Å². The molecule has 0 spiro atoms. The first kappa shape index (κ1) is 10.9. The highest BCUT2D eigenvalue weighted by Gasteiger charge is 2.25. The van der Waals surface area contributed by atoms with Crippen molar-refractivity contribution in [3.63, 3.8) is 0 Å². The molecule has 1 atom stereocenters. The summed E-state index contributed by atoms with van der Waals surface area (Å²) in [5.74, 6) is -0.0819. The predicted octanol–water partition coefficient (Wildman–Crippen LogP) is 0.0737. The molecule has 1 saturated heterocycles. The maximum Gasteiger partial charge on any atom is 0.335 e. The standard InChI is InChI=1S/C11H14N2O3/c1-12-9-4-5-13(6-9)11(15)8-2-3-10(14)16-7-8/h2-3,7,9,12H,4-6H2,1H3. The van der Waals surface area contributed by atoms with E-state index in [4.69, 9.17) is 0 Å². The zero-order valence-corrected chi connectivity index (χ0v) is 9.10. The Hall–Kier alpha value is -1.62. The Balaban J connectivity index is 2.08. The van der Waals surface area contributed by atoms with Crippen LogP contribution < -0.4 is 10.9 Å². The van der Waals surface area contributed by atoms with Gasteiger partial charge < -0.3 is 14.6 Å². The van der Waals surface area contributed by atoms with Crippen molar-refractivity contribution in [2.75, 3.05) is 20.1 Å². The van der Waals surface area contributed by atoms with E-state index in [0.29, 0.717) is 18.2 Å². The SMILES string of the molecule is CNC1CCN(C(=O)c2ccc(=O)oc2)C1. The van der Waals surface area contributed by atoms with Crippen molar-refractivity contribution in [1.29, 1.82) is 0 Å². The van der Waals surface area contributed by atoms with Gasteiger partial charge in [0, 0.05) is 25.2 Å². The van der Waals surface area contributed by atoms with Gasteiger partial charge in [0.2, 0.25) is 0 Å². The van der Waals surface area contributed by atoms with Crippen molar-refractivity contribution >= 4 is 5.91 Å². The lowest BCUT2D eigenvalue weighted by Gasteiger charge is -2.15. The van der Waals surface area contributed by atoms with E-state index >= 15 is 0 Å². The fourth-order valence-corrected chi connectivity index (χ4v) is 1.84. The molecule has 1 aromatic rings. The maximum atomic E-state index is 12.0. The number of likely N-dealkylation sites (N-methyl/N-ethyl adjacent to an activating group) is 1. The fraction of sp³-hybridized carbons (Fsp3) is 0.455. The summed E-state index contributed by atoms with van der Waals surface area (Å²) < 4.78 is 4.67. The van der Waals surface area contributed by atoms with E-state index in [9.17, 15) is 9.59 Å². The summed E-state index contributed by atoms with van der Waals surface area (Å²) in [6, 6.07) is 3.12. The molecule has 2 rings (SSSR count). The Morgan fingerprint density at radius 2 is 2.38 bits per heavy atom. The highest BCUT2D eigenvalue weighted by atomic mass is 16.4. The topological polar surface area (TPSA) is 62.6 Å². The highest BCUT2D eigenvalue weighted by Crippen LogP contribution is 2.12. The van der Waals surface area contributed by atoms with E-state index in [1.165, 1.54) is 18.4 Å². The second-order valence-electron chi connectivity index (χ2n) is 3.87. The smallest absolute Gasteiger partial charge is 0.335 e. The van der Waals surface area contributed by atoms with Gasteiger partial charge >= 0.3 is 5.63 Å². The fourth-order valence-electron chi connectivity index (χ4n) is 1.84. The lowest BCUT2D eigenvalue weighted by molar-refractivity contribution is 0.0787. The van der Waals surface area contributed by atoms with Crippen molar-refractivity contribution in [3.8, 4) is 0 Å². The van der Waals surface area contributed by atoms with Gasteiger partial charge in [0.1, 0.15) is 6.26 Å². The summed E-state index contributed by atoms with van der Waals surface area (Å²) in [4.78, 5) is 24.5. The van der Waals surface area contributed by atoms with Gasteiger partial charge in [-0.2, -0.15) is 0 Å². The Morgan fingerprint density at radius 3 is 2.94 bits per heavy atom. The number of carbonyl (C=O) groups is 1. The van der Waals surface area contributed by atoms with Crippen molar-refractivity contribution in [2.24, 2.45) is 0 Å². The van der Waals surface area contributed by atoms with Crippen molar-refractivity contribution in [2.45, 2.75) is 12.5 Å². The van der Waals surface area contributed by atoms with Gasteiger partial charge in [-0.1, -0.05) is 0 Å². The molecule has 0 saturated carbocycles. The summed E-state index contributed by atoms with van der Waals surface area (Å²) in [7, 11) is 1.89. The molecular weight excluding hydrogens is 208 g/mol. The van der Waals surface area contributed by atoms with Crippen LogP contribution in [-0.2, 0) is 0 Å². The summed E-state index contributed by atoms with van der Waals surface area (Å²) in [6.07, 6.45) is 2.18. The van der Waals surface area contributed by atoms with Crippen LogP contribution in [0, 0.1) is 0 Å². The second kappa shape index (κ2) is 4.49. The number of amides is 1. The van der Waals surface area contributed by atoms with Crippen molar-refractivity contribution in [3.05, 3.63) is 34.4 Å². The first-order valence-corrected chi connectivity index (χ1v) is 5.26. The van der Waals surface area contributed by atoms with E-state index in [1.807, 2.05) is 7.05 Å². The summed E-state index contributed by atoms with van der Waals surface area (Å²) in [5, 5.41) is 3.14. The molecular formula is C11H14N2O3. The minimum atomic E-state index is -0.439. The molecule has 1 aliphatic heterocycles. The quantitative estimate of drug-likeness (QED) is 0.769. The predicted molar refractivity (Wildman–Crippen MR) is 58.3 cm³/mol. The van der Waals surface area contributed by atoms with Crippen LogP contribution in [0.5, 0.6) is 0 Å². The van der Waals surface area contributed by atoms with E-state index in [-0.39, 0.29) is 5.91 Å². The number of carbonyl (C=O) groups excluding carboxylic acids is 1. The first-order valence-electron chi connectivity index (χ1n) is 5.26. The second-order valence-corrected chi connectivity index (χ2v) is 3.87. The summed E-state index contributed by atoms with van der Waals surface area (Å²) in [6.45, 7) is 1.44. The lowest BCUT2D eigenvalue weighted by atomic mass is 10.2. The zero-order valence-electron chi connectivity index (χ0n) is 9.10. The third-order valence-corrected chi connectivity index (χ3v) is 2.83. The van der Waals surface area contributed by atoms with Crippen LogP contribution in [0.4, 0.5) is 0 Å². The number of nitrogens with one attached hydrogen (secondary N) is 1. The number of hydrogen-bond acceptors (Lipinski definition) is 4. The Bertz CT molecular complexity index is 421. The van der Waals surface area contributed by atoms with E-state index in [2.05, 4.69) is 9.73 Å². The average molecular weight is 222 g/mol. The van der Waals surface area contributed by atoms with Crippen LogP contribution in [0.2, 0.25) is 0 Å². The van der Waals surface area contributed by atoms with Crippen LogP contribution in [0.1, 0.15) is 16.8 Å². The molecule has 16 heavy (non-hydrogen) atoms. The van der Waals surface area contributed by atoms with Crippen LogP contribution >= 0.6 is 0 Å². The first-order chi connectivity index (χ1) is 7.70. The molecule has 0 aliphatic carbocycles. The van der Waals surface area contributed by atoms with Gasteiger partial charge in [-0.3, -0.25) is 4.79 Å². The molecule has 0 aromatic carbocycles. The normalized spacial score (nSPS) is 20.1. The molecule has 86 valence electrons. The monoisotopic (exact) mass is 222 g/mol. The molecule has 1 unspecified atom stereocenters. The van der Waals surface area contributed by atoms with Gasteiger partial charge in [-0.05, 0) is 19.5 Å². The van der Waals surface area contributed by atoms with Crippen molar-refractivity contribution in [1.82, 2.24) is 10.2 Å².